The number of ether oxygens (including phenoxy) is 1. The van der Waals surface area contributed by atoms with Gasteiger partial charge in [0.1, 0.15) is 5.56 Å². The predicted molar refractivity (Wildman–Crippen MR) is 94.0 cm³/mol. The number of hydrogen-bond acceptors (Lipinski definition) is 5. The van der Waals surface area contributed by atoms with Crippen molar-refractivity contribution in [1.29, 1.82) is 0 Å². The number of fused-ring (bicyclic) bond motifs is 3. The first kappa shape index (κ1) is 17.0. The molecule has 0 aliphatic carbocycles. The number of rotatable bonds is 2. The quantitative estimate of drug-likeness (QED) is 0.795. The van der Waals surface area contributed by atoms with Gasteiger partial charge in [-0.05, 0) is 31.4 Å². The smallest absolute Gasteiger partial charge is 0.263 e. The second-order valence-electron chi connectivity index (χ2n) is 7.03. The molecule has 2 atom stereocenters. The molecular weight excluding hydrogens is 334 g/mol. The molecule has 0 N–H and O–H groups in total. The van der Waals surface area contributed by atoms with Crippen LogP contribution in [0.5, 0.6) is 0 Å². The number of carbonyl (C=O) groups excluding carboxylic acids is 1. The van der Waals surface area contributed by atoms with Crippen LogP contribution in [-0.2, 0) is 24.8 Å². The molecule has 0 aromatic carbocycles. The summed E-state index contributed by atoms with van der Waals surface area (Å²) in [6.45, 7) is 5.49. The monoisotopic (exact) mass is 357 g/mol. The standard InChI is InChI=1S/C18H23N5O3/c1-4-14-11(2)7-13(17(24)21(14)3)18(25)22-6-5-16-15(9-22)23-12(10-26-16)8-19-20-23/h7-8,15-16H,4-6,9-10H2,1-3H3/t15-,16-/m0/s1. The molecule has 2 aromatic rings. The summed E-state index contributed by atoms with van der Waals surface area (Å²) < 4.78 is 9.34. The molecule has 1 amide bonds. The highest BCUT2D eigenvalue weighted by molar-refractivity contribution is 5.94. The summed E-state index contributed by atoms with van der Waals surface area (Å²) in [6.07, 6.45) is 3.20. The van der Waals surface area contributed by atoms with E-state index in [2.05, 4.69) is 10.3 Å². The molecule has 26 heavy (non-hydrogen) atoms. The van der Waals surface area contributed by atoms with Crippen molar-refractivity contribution >= 4 is 5.91 Å². The first-order valence-corrected chi connectivity index (χ1v) is 9.00. The molecule has 4 heterocycles. The largest absolute Gasteiger partial charge is 0.370 e. The third-order valence-corrected chi connectivity index (χ3v) is 5.54. The zero-order chi connectivity index (χ0) is 18.4. The van der Waals surface area contributed by atoms with Gasteiger partial charge < -0.3 is 14.2 Å². The van der Waals surface area contributed by atoms with Crippen LogP contribution in [0.3, 0.4) is 0 Å². The summed E-state index contributed by atoms with van der Waals surface area (Å²) in [7, 11) is 1.73. The Balaban J connectivity index is 1.64. The number of piperidine rings is 1. The van der Waals surface area contributed by atoms with Crippen molar-refractivity contribution in [2.45, 2.75) is 45.4 Å². The van der Waals surface area contributed by atoms with E-state index in [0.29, 0.717) is 19.7 Å². The van der Waals surface area contributed by atoms with E-state index in [1.807, 2.05) is 18.5 Å². The molecule has 8 heteroatoms. The van der Waals surface area contributed by atoms with E-state index >= 15 is 0 Å². The highest BCUT2D eigenvalue weighted by Crippen LogP contribution is 2.30. The third kappa shape index (κ3) is 2.56. The summed E-state index contributed by atoms with van der Waals surface area (Å²) >= 11 is 0. The number of nitrogens with zero attached hydrogens (tertiary/aromatic N) is 5. The van der Waals surface area contributed by atoms with Crippen LogP contribution in [0.2, 0.25) is 0 Å². The highest BCUT2D eigenvalue weighted by Gasteiger charge is 2.38. The minimum Gasteiger partial charge on any atom is -0.370 e. The van der Waals surface area contributed by atoms with Crippen LogP contribution >= 0.6 is 0 Å². The second-order valence-corrected chi connectivity index (χ2v) is 7.03. The molecule has 0 saturated carbocycles. The normalized spacial score (nSPS) is 22.0. The maximum absolute atomic E-state index is 13.1. The van der Waals surface area contributed by atoms with Crippen LogP contribution in [0.25, 0.3) is 0 Å². The number of likely N-dealkylation sites (tertiary alicyclic amines) is 1. The maximum atomic E-state index is 13.1. The zero-order valence-electron chi connectivity index (χ0n) is 15.3. The molecule has 2 aliphatic rings. The molecule has 0 unspecified atom stereocenters. The van der Waals surface area contributed by atoms with E-state index in [0.717, 1.165) is 29.8 Å². The first-order valence-electron chi connectivity index (χ1n) is 9.00. The summed E-state index contributed by atoms with van der Waals surface area (Å²) in [5.74, 6) is -0.220. The fraction of sp³-hybridized carbons (Fsp3) is 0.556. The molecular formula is C18H23N5O3. The SMILES string of the molecule is CCc1c(C)cc(C(=O)N2CC[C@@H]3OCc4cnnn4[C@H]3C2)c(=O)n1C. The Kier molecular flexibility index (Phi) is 4.14. The molecule has 0 bridgehead atoms. The lowest BCUT2D eigenvalue weighted by Gasteiger charge is -2.41. The molecule has 138 valence electrons. The number of carbonyl (C=O) groups is 1. The lowest BCUT2D eigenvalue weighted by atomic mass is 9.99. The number of aryl methyl sites for hydroxylation is 1. The fourth-order valence-electron chi connectivity index (χ4n) is 4.13. The number of hydrogen-bond donors (Lipinski definition) is 0. The van der Waals surface area contributed by atoms with Crippen molar-refractivity contribution in [3.63, 3.8) is 0 Å². The first-order chi connectivity index (χ1) is 12.5. The Hall–Kier alpha value is -2.48. The summed E-state index contributed by atoms with van der Waals surface area (Å²) in [5, 5.41) is 8.11. The van der Waals surface area contributed by atoms with Gasteiger partial charge in [-0.25, -0.2) is 4.68 Å². The van der Waals surface area contributed by atoms with Crippen LogP contribution in [0, 0.1) is 6.92 Å². The molecule has 1 fully saturated rings. The number of aromatic nitrogens is 4. The average Bonchev–Trinajstić information content (AvgIpc) is 3.13. The topological polar surface area (TPSA) is 82.2 Å². The van der Waals surface area contributed by atoms with Gasteiger partial charge in [0, 0.05) is 25.8 Å². The van der Waals surface area contributed by atoms with Gasteiger partial charge in [0.25, 0.3) is 11.5 Å². The lowest BCUT2D eigenvalue weighted by Crippen LogP contribution is -2.50. The van der Waals surface area contributed by atoms with E-state index < -0.39 is 0 Å². The van der Waals surface area contributed by atoms with E-state index in [4.69, 9.17) is 4.74 Å². The Morgan fingerprint density at radius 1 is 1.42 bits per heavy atom. The van der Waals surface area contributed by atoms with Gasteiger partial charge in [-0.1, -0.05) is 12.1 Å². The predicted octanol–water partition coefficient (Wildman–Crippen LogP) is 0.834. The van der Waals surface area contributed by atoms with E-state index in [1.165, 1.54) is 0 Å². The van der Waals surface area contributed by atoms with Crippen LogP contribution in [0.1, 0.15) is 46.7 Å². The molecule has 1 saturated heterocycles. The van der Waals surface area contributed by atoms with Gasteiger partial charge in [0.2, 0.25) is 0 Å². The van der Waals surface area contributed by atoms with Crippen molar-refractivity contribution in [2.24, 2.45) is 7.05 Å². The minimum absolute atomic E-state index is 0.0280. The van der Waals surface area contributed by atoms with Crippen molar-refractivity contribution in [3.05, 3.63) is 45.1 Å². The second kappa shape index (κ2) is 6.35. The van der Waals surface area contributed by atoms with Gasteiger partial charge in [-0.2, -0.15) is 0 Å². The molecule has 2 aromatic heterocycles. The van der Waals surface area contributed by atoms with E-state index in [9.17, 15) is 9.59 Å². The van der Waals surface area contributed by atoms with E-state index in [-0.39, 0.29) is 29.2 Å². The highest BCUT2D eigenvalue weighted by atomic mass is 16.5. The van der Waals surface area contributed by atoms with Crippen molar-refractivity contribution < 1.29 is 9.53 Å². The summed E-state index contributed by atoms with van der Waals surface area (Å²) in [4.78, 5) is 27.5. The lowest BCUT2D eigenvalue weighted by molar-refractivity contribution is -0.0605. The molecule has 0 radical (unpaired) electrons. The van der Waals surface area contributed by atoms with Gasteiger partial charge >= 0.3 is 0 Å². The van der Waals surface area contributed by atoms with Crippen molar-refractivity contribution in [1.82, 2.24) is 24.5 Å². The fourth-order valence-corrected chi connectivity index (χ4v) is 4.13. The van der Waals surface area contributed by atoms with Gasteiger partial charge in [-0.15, -0.1) is 5.10 Å². The van der Waals surface area contributed by atoms with Crippen LogP contribution in [0.4, 0.5) is 0 Å². The minimum atomic E-state index is -0.235. The molecule has 4 rings (SSSR count). The Morgan fingerprint density at radius 2 is 2.23 bits per heavy atom. The number of pyridine rings is 1. The summed E-state index contributed by atoms with van der Waals surface area (Å²) in [5.41, 5.74) is 2.84. The van der Waals surface area contributed by atoms with Crippen LogP contribution in [0.15, 0.2) is 17.1 Å². The van der Waals surface area contributed by atoms with Gasteiger partial charge in [-0.3, -0.25) is 9.59 Å². The zero-order valence-corrected chi connectivity index (χ0v) is 15.3. The van der Waals surface area contributed by atoms with Crippen molar-refractivity contribution in [3.8, 4) is 0 Å². The third-order valence-electron chi connectivity index (χ3n) is 5.54. The average molecular weight is 357 g/mol. The maximum Gasteiger partial charge on any atom is 0.263 e. The molecule has 2 aliphatic heterocycles. The van der Waals surface area contributed by atoms with Crippen LogP contribution < -0.4 is 5.56 Å². The summed E-state index contributed by atoms with van der Waals surface area (Å²) in [6, 6.07) is 1.67. The van der Waals surface area contributed by atoms with Crippen molar-refractivity contribution in [2.75, 3.05) is 13.1 Å². The Labute approximate surface area is 151 Å². The van der Waals surface area contributed by atoms with Gasteiger partial charge in [0.15, 0.2) is 0 Å². The Morgan fingerprint density at radius 3 is 3.00 bits per heavy atom. The molecule has 0 spiro atoms. The molecule has 8 nitrogen and oxygen atoms in total. The van der Waals surface area contributed by atoms with E-state index in [1.54, 1.807) is 28.8 Å². The van der Waals surface area contributed by atoms with Gasteiger partial charge in [0.05, 0.1) is 30.6 Å². The Bertz CT molecular complexity index is 916. The van der Waals surface area contributed by atoms with Crippen LogP contribution in [-0.4, -0.2) is 49.6 Å². The number of amides is 1.